The molecule has 82 valence electrons. The summed E-state index contributed by atoms with van der Waals surface area (Å²) in [5, 5.41) is 0. The summed E-state index contributed by atoms with van der Waals surface area (Å²) >= 11 is 0. The van der Waals surface area contributed by atoms with Gasteiger partial charge in [-0.05, 0) is 19.1 Å². The Morgan fingerprint density at radius 3 is 2.13 bits per heavy atom. The van der Waals surface area contributed by atoms with Crippen molar-refractivity contribution in [2.45, 2.75) is 13.1 Å². The van der Waals surface area contributed by atoms with E-state index in [2.05, 4.69) is 0 Å². The molecule has 1 nitrogen and oxygen atoms in total. The molecule has 0 spiro atoms. The molecule has 0 fully saturated rings. The third-order valence-electron chi connectivity index (χ3n) is 1.75. The number of rotatable bonds is 1. The minimum absolute atomic E-state index is 0.338. The highest BCUT2D eigenvalue weighted by Gasteiger charge is 2.36. The smallest absolute Gasteiger partial charge is 0.294 e. The van der Waals surface area contributed by atoms with Gasteiger partial charge in [0, 0.05) is 0 Å². The number of Topliss-reactive ketones (excluding diaryl/α,β-unsaturated/α-hetero) is 1. The Morgan fingerprint density at radius 2 is 1.73 bits per heavy atom. The van der Waals surface area contributed by atoms with Crippen molar-refractivity contribution in [1.82, 2.24) is 0 Å². The van der Waals surface area contributed by atoms with Crippen LogP contribution < -0.4 is 0 Å². The van der Waals surface area contributed by atoms with E-state index in [1.54, 1.807) is 0 Å². The Labute approximate surface area is 81.5 Å². The summed E-state index contributed by atoms with van der Waals surface area (Å²) in [6.07, 6.45) is -4.88. The van der Waals surface area contributed by atoms with Crippen molar-refractivity contribution in [1.29, 1.82) is 0 Å². The average Bonchev–Trinajstić information content (AvgIpc) is 2.06. The van der Waals surface area contributed by atoms with Gasteiger partial charge in [0.2, 0.25) is 0 Å². The molecule has 0 aliphatic heterocycles. The first-order chi connectivity index (χ1) is 6.75. The van der Waals surface area contributed by atoms with Crippen LogP contribution in [-0.2, 0) is 6.18 Å². The third kappa shape index (κ3) is 2.14. The van der Waals surface area contributed by atoms with Gasteiger partial charge in [-0.1, -0.05) is 0 Å². The number of alkyl halides is 3. The fourth-order valence-electron chi connectivity index (χ4n) is 1.13. The van der Waals surface area contributed by atoms with Gasteiger partial charge >= 0.3 is 6.18 Å². The molecule has 0 amide bonds. The first kappa shape index (κ1) is 11.6. The van der Waals surface area contributed by atoms with Gasteiger partial charge in [-0.15, -0.1) is 0 Å². The number of carbonyl (C=O) groups excluding carboxylic acids is 1. The maximum absolute atomic E-state index is 12.9. The van der Waals surface area contributed by atoms with Crippen LogP contribution >= 0.6 is 0 Å². The fourth-order valence-corrected chi connectivity index (χ4v) is 1.13. The van der Waals surface area contributed by atoms with Crippen LogP contribution in [0.4, 0.5) is 22.0 Å². The SMILES string of the molecule is CC(=O)c1c(C(F)(F)F)ccc(F)c1F. The minimum atomic E-state index is -4.88. The maximum atomic E-state index is 12.9. The number of hydrogen-bond donors (Lipinski definition) is 0. The molecule has 1 aromatic rings. The Bertz CT molecular complexity index is 408. The van der Waals surface area contributed by atoms with E-state index in [4.69, 9.17) is 0 Å². The zero-order chi connectivity index (χ0) is 11.8. The first-order valence-electron chi connectivity index (χ1n) is 3.81. The molecule has 0 aromatic heterocycles. The van der Waals surface area contributed by atoms with E-state index in [1.807, 2.05) is 0 Å². The van der Waals surface area contributed by atoms with E-state index in [0.29, 0.717) is 12.1 Å². The van der Waals surface area contributed by atoms with Gasteiger partial charge in [0.15, 0.2) is 17.4 Å². The highest BCUT2D eigenvalue weighted by atomic mass is 19.4. The lowest BCUT2D eigenvalue weighted by atomic mass is 10.0. The molecular formula is C9H5F5O. The third-order valence-corrected chi connectivity index (χ3v) is 1.75. The fraction of sp³-hybridized carbons (Fsp3) is 0.222. The van der Waals surface area contributed by atoms with Gasteiger partial charge in [-0.2, -0.15) is 13.2 Å². The van der Waals surface area contributed by atoms with Crippen LogP contribution in [0.25, 0.3) is 0 Å². The molecule has 0 unspecified atom stereocenters. The largest absolute Gasteiger partial charge is 0.417 e. The molecule has 0 atom stereocenters. The molecule has 0 saturated carbocycles. The maximum Gasteiger partial charge on any atom is 0.417 e. The van der Waals surface area contributed by atoms with Crippen molar-refractivity contribution in [3.05, 3.63) is 34.9 Å². The number of hydrogen-bond acceptors (Lipinski definition) is 1. The van der Waals surface area contributed by atoms with Crippen molar-refractivity contribution >= 4 is 5.78 Å². The second-order valence-corrected chi connectivity index (χ2v) is 2.84. The standard InChI is InChI=1S/C9H5F5O/c1-4(15)7-5(9(12,13)14)2-3-6(10)8(7)11/h2-3H,1H3. The number of benzene rings is 1. The van der Waals surface area contributed by atoms with E-state index in [9.17, 15) is 26.7 Å². The summed E-state index contributed by atoms with van der Waals surface area (Å²) < 4.78 is 62.4. The van der Waals surface area contributed by atoms with E-state index in [1.165, 1.54) is 0 Å². The molecule has 0 aliphatic carbocycles. The number of halogens is 5. The summed E-state index contributed by atoms with van der Waals surface area (Å²) in [6.45, 7) is 0.743. The molecular weight excluding hydrogens is 219 g/mol. The van der Waals surface area contributed by atoms with Gasteiger partial charge in [0.25, 0.3) is 0 Å². The average molecular weight is 224 g/mol. The molecule has 1 aromatic carbocycles. The van der Waals surface area contributed by atoms with E-state index < -0.39 is 34.7 Å². The zero-order valence-electron chi connectivity index (χ0n) is 7.45. The Balaban J connectivity index is 3.55. The lowest BCUT2D eigenvalue weighted by Crippen LogP contribution is -2.14. The second kappa shape index (κ2) is 3.60. The van der Waals surface area contributed by atoms with Crippen LogP contribution in [0.15, 0.2) is 12.1 Å². The summed E-state index contributed by atoms with van der Waals surface area (Å²) in [5.41, 5.74) is -2.73. The van der Waals surface area contributed by atoms with Gasteiger partial charge < -0.3 is 0 Å². The quantitative estimate of drug-likeness (QED) is 0.528. The number of carbonyl (C=O) groups is 1. The van der Waals surface area contributed by atoms with Gasteiger partial charge in [-0.3, -0.25) is 4.79 Å². The summed E-state index contributed by atoms with van der Waals surface area (Å²) in [6, 6.07) is 0.680. The highest BCUT2D eigenvalue weighted by Crippen LogP contribution is 2.33. The Morgan fingerprint density at radius 1 is 1.20 bits per heavy atom. The topological polar surface area (TPSA) is 17.1 Å². The zero-order valence-corrected chi connectivity index (χ0v) is 7.45. The monoisotopic (exact) mass is 224 g/mol. The van der Waals surface area contributed by atoms with Crippen LogP contribution in [0.5, 0.6) is 0 Å². The van der Waals surface area contributed by atoms with E-state index in [0.717, 1.165) is 6.92 Å². The molecule has 1 rings (SSSR count). The molecule has 0 aliphatic rings. The predicted octanol–water partition coefficient (Wildman–Crippen LogP) is 3.19. The Hall–Kier alpha value is -1.46. The summed E-state index contributed by atoms with van der Waals surface area (Å²) in [4.78, 5) is 10.8. The van der Waals surface area contributed by atoms with Crippen LogP contribution in [0.3, 0.4) is 0 Å². The second-order valence-electron chi connectivity index (χ2n) is 2.84. The summed E-state index contributed by atoms with van der Waals surface area (Å²) in [7, 11) is 0. The van der Waals surface area contributed by atoms with Crippen LogP contribution in [0, 0.1) is 11.6 Å². The van der Waals surface area contributed by atoms with E-state index >= 15 is 0 Å². The molecule has 0 N–H and O–H groups in total. The first-order valence-corrected chi connectivity index (χ1v) is 3.81. The molecule has 6 heteroatoms. The lowest BCUT2D eigenvalue weighted by Gasteiger charge is -2.11. The van der Waals surface area contributed by atoms with Gasteiger partial charge in [-0.25, -0.2) is 8.78 Å². The molecule has 15 heavy (non-hydrogen) atoms. The Kier molecular flexibility index (Phi) is 2.79. The van der Waals surface area contributed by atoms with Gasteiger partial charge in [0.1, 0.15) is 0 Å². The van der Waals surface area contributed by atoms with Gasteiger partial charge in [0.05, 0.1) is 11.1 Å². The van der Waals surface area contributed by atoms with Crippen LogP contribution in [-0.4, -0.2) is 5.78 Å². The highest BCUT2D eigenvalue weighted by molar-refractivity contribution is 5.96. The van der Waals surface area contributed by atoms with Crippen molar-refractivity contribution in [3.63, 3.8) is 0 Å². The minimum Gasteiger partial charge on any atom is -0.294 e. The van der Waals surface area contributed by atoms with Crippen molar-refractivity contribution < 1.29 is 26.7 Å². The summed E-state index contributed by atoms with van der Waals surface area (Å²) in [5.74, 6) is -4.41. The van der Waals surface area contributed by atoms with E-state index in [-0.39, 0.29) is 0 Å². The van der Waals surface area contributed by atoms with Crippen LogP contribution in [0.2, 0.25) is 0 Å². The predicted molar refractivity (Wildman–Crippen MR) is 41.4 cm³/mol. The van der Waals surface area contributed by atoms with Crippen molar-refractivity contribution in [3.8, 4) is 0 Å². The molecule has 0 heterocycles. The van der Waals surface area contributed by atoms with Crippen LogP contribution in [0.1, 0.15) is 22.8 Å². The van der Waals surface area contributed by atoms with Crippen molar-refractivity contribution in [2.75, 3.05) is 0 Å². The lowest BCUT2D eigenvalue weighted by molar-refractivity contribution is -0.138. The normalized spacial score (nSPS) is 11.6. The molecule has 0 radical (unpaired) electrons. The number of ketones is 1. The molecule has 0 bridgehead atoms. The van der Waals surface area contributed by atoms with Crippen molar-refractivity contribution in [2.24, 2.45) is 0 Å². The molecule has 0 saturated heterocycles.